The zero-order valence-electron chi connectivity index (χ0n) is 9.58. The van der Waals surface area contributed by atoms with Gasteiger partial charge < -0.3 is 4.74 Å². The van der Waals surface area contributed by atoms with Crippen LogP contribution in [0.4, 0.5) is 0 Å². The van der Waals surface area contributed by atoms with E-state index in [1.54, 1.807) is 0 Å². The van der Waals surface area contributed by atoms with Gasteiger partial charge in [-0.2, -0.15) is 0 Å². The maximum atomic E-state index is 11.8. The average Bonchev–Trinajstić information content (AvgIpc) is 2.58. The molecule has 0 radical (unpaired) electrons. The van der Waals surface area contributed by atoms with Crippen molar-refractivity contribution in [1.29, 1.82) is 0 Å². The van der Waals surface area contributed by atoms with Crippen molar-refractivity contribution in [1.82, 2.24) is 0 Å². The third-order valence-electron chi connectivity index (χ3n) is 3.27. The highest BCUT2D eigenvalue weighted by molar-refractivity contribution is 5.90. The summed E-state index contributed by atoms with van der Waals surface area (Å²) >= 11 is 0. The SMILES string of the molecule is CC(C)(C)OC(=O)[C@@H]1C[C@H]2CC(=O)[C@@H]1C2. The molecule has 2 rings (SSSR count). The Labute approximate surface area is 90.2 Å². The number of hydrogen-bond acceptors (Lipinski definition) is 3. The van der Waals surface area contributed by atoms with Crippen LogP contribution in [-0.4, -0.2) is 17.4 Å². The molecule has 2 saturated carbocycles. The fourth-order valence-electron chi connectivity index (χ4n) is 2.74. The van der Waals surface area contributed by atoms with Gasteiger partial charge in [0.1, 0.15) is 11.4 Å². The van der Waals surface area contributed by atoms with Gasteiger partial charge in [0.2, 0.25) is 0 Å². The lowest BCUT2D eigenvalue weighted by molar-refractivity contribution is -0.163. The molecule has 0 aliphatic heterocycles. The van der Waals surface area contributed by atoms with E-state index < -0.39 is 5.60 Å². The van der Waals surface area contributed by atoms with Crippen molar-refractivity contribution in [2.24, 2.45) is 17.8 Å². The molecule has 0 heterocycles. The molecule has 84 valence electrons. The van der Waals surface area contributed by atoms with Crippen LogP contribution in [0.5, 0.6) is 0 Å². The van der Waals surface area contributed by atoms with Crippen LogP contribution in [0, 0.1) is 17.8 Å². The van der Waals surface area contributed by atoms with Gasteiger partial charge in [0.25, 0.3) is 0 Å². The van der Waals surface area contributed by atoms with Crippen molar-refractivity contribution in [2.45, 2.75) is 45.6 Å². The van der Waals surface area contributed by atoms with Crippen LogP contribution in [0.25, 0.3) is 0 Å². The molecule has 0 aromatic carbocycles. The minimum atomic E-state index is -0.442. The molecule has 2 fully saturated rings. The van der Waals surface area contributed by atoms with Gasteiger partial charge >= 0.3 is 5.97 Å². The second kappa shape index (κ2) is 3.32. The number of carbonyl (C=O) groups is 2. The molecule has 0 aromatic rings. The molecule has 3 heteroatoms. The van der Waals surface area contributed by atoms with Gasteiger partial charge in [-0.1, -0.05) is 0 Å². The zero-order valence-corrected chi connectivity index (χ0v) is 9.58. The van der Waals surface area contributed by atoms with E-state index in [0.29, 0.717) is 12.3 Å². The number of esters is 1. The first-order chi connectivity index (χ1) is 6.87. The van der Waals surface area contributed by atoms with Gasteiger partial charge in [-0.3, -0.25) is 9.59 Å². The van der Waals surface area contributed by atoms with Crippen LogP contribution in [0.3, 0.4) is 0 Å². The number of fused-ring (bicyclic) bond motifs is 2. The third-order valence-corrected chi connectivity index (χ3v) is 3.27. The lowest BCUT2D eigenvalue weighted by atomic mass is 9.88. The van der Waals surface area contributed by atoms with Gasteiger partial charge in [0.15, 0.2) is 0 Å². The minimum absolute atomic E-state index is 0.0372. The lowest BCUT2D eigenvalue weighted by Crippen LogP contribution is -2.33. The molecule has 0 unspecified atom stereocenters. The monoisotopic (exact) mass is 210 g/mol. The average molecular weight is 210 g/mol. The van der Waals surface area contributed by atoms with E-state index in [9.17, 15) is 9.59 Å². The van der Waals surface area contributed by atoms with Crippen molar-refractivity contribution < 1.29 is 14.3 Å². The summed E-state index contributed by atoms with van der Waals surface area (Å²) in [5, 5.41) is 0. The van der Waals surface area contributed by atoms with E-state index in [2.05, 4.69) is 0 Å². The molecule has 2 aliphatic carbocycles. The Balaban J connectivity index is 2.01. The van der Waals surface area contributed by atoms with Crippen LogP contribution in [0.1, 0.15) is 40.0 Å². The molecule has 2 aliphatic rings. The van der Waals surface area contributed by atoms with E-state index in [-0.39, 0.29) is 23.6 Å². The predicted molar refractivity (Wildman–Crippen MR) is 55.2 cm³/mol. The normalized spacial score (nSPS) is 34.6. The summed E-state index contributed by atoms with van der Waals surface area (Å²) in [5.41, 5.74) is -0.442. The molecule has 2 bridgehead atoms. The maximum Gasteiger partial charge on any atom is 0.310 e. The standard InChI is InChI=1S/C12H18O3/c1-12(2,3)15-11(14)9-5-7-4-8(9)10(13)6-7/h7-9H,4-6H2,1-3H3/t7-,8+,9+/m0/s1. The predicted octanol–water partition coefficient (Wildman–Crippen LogP) is 1.94. The highest BCUT2D eigenvalue weighted by atomic mass is 16.6. The van der Waals surface area contributed by atoms with Crippen LogP contribution in [-0.2, 0) is 14.3 Å². The molecule has 3 nitrogen and oxygen atoms in total. The Morgan fingerprint density at radius 3 is 2.47 bits per heavy atom. The second-order valence-electron chi connectivity index (χ2n) is 5.75. The number of rotatable bonds is 1. The van der Waals surface area contributed by atoms with Crippen molar-refractivity contribution in [3.63, 3.8) is 0 Å². The fourth-order valence-corrected chi connectivity index (χ4v) is 2.74. The first-order valence-electron chi connectivity index (χ1n) is 5.62. The molecule has 3 atom stereocenters. The van der Waals surface area contributed by atoms with E-state index in [1.165, 1.54) is 0 Å². The molecular formula is C12H18O3. The Bertz CT molecular complexity index is 300. The summed E-state index contributed by atoms with van der Waals surface area (Å²) < 4.78 is 5.33. The molecule has 0 aromatic heterocycles. The summed E-state index contributed by atoms with van der Waals surface area (Å²) in [5.74, 6) is 0.338. The van der Waals surface area contributed by atoms with Crippen molar-refractivity contribution in [3.8, 4) is 0 Å². The summed E-state index contributed by atoms with van der Waals surface area (Å²) in [4.78, 5) is 23.3. The maximum absolute atomic E-state index is 11.8. The molecule has 0 N–H and O–H groups in total. The number of carbonyl (C=O) groups excluding carboxylic acids is 2. The first-order valence-corrected chi connectivity index (χ1v) is 5.62. The van der Waals surface area contributed by atoms with Gasteiger partial charge in [-0.25, -0.2) is 0 Å². The van der Waals surface area contributed by atoms with Gasteiger partial charge in [-0.05, 0) is 39.5 Å². The first kappa shape index (κ1) is 10.7. The number of hydrogen-bond donors (Lipinski definition) is 0. The summed E-state index contributed by atoms with van der Waals surface area (Å²) in [6.07, 6.45) is 2.44. The highest BCUT2D eigenvalue weighted by Gasteiger charge is 2.49. The van der Waals surface area contributed by atoms with Crippen molar-refractivity contribution >= 4 is 11.8 Å². The Hall–Kier alpha value is -0.860. The van der Waals surface area contributed by atoms with E-state index in [1.807, 2.05) is 20.8 Å². The quantitative estimate of drug-likeness (QED) is 0.621. The minimum Gasteiger partial charge on any atom is -0.460 e. The fraction of sp³-hybridized carbons (Fsp3) is 0.833. The van der Waals surface area contributed by atoms with E-state index >= 15 is 0 Å². The Morgan fingerprint density at radius 2 is 2.00 bits per heavy atom. The van der Waals surface area contributed by atoms with Gasteiger partial charge in [0.05, 0.1) is 5.92 Å². The molecule has 15 heavy (non-hydrogen) atoms. The summed E-state index contributed by atoms with van der Waals surface area (Å²) in [6.45, 7) is 5.58. The van der Waals surface area contributed by atoms with Crippen LogP contribution >= 0.6 is 0 Å². The topological polar surface area (TPSA) is 43.4 Å². The van der Waals surface area contributed by atoms with E-state index in [0.717, 1.165) is 12.8 Å². The van der Waals surface area contributed by atoms with Crippen molar-refractivity contribution in [3.05, 3.63) is 0 Å². The van der Waals surface area contributed by atoms with Crippen LogP contribution in [0.2, 0.25) is 0 Å². The largest absolute Gasteiger partial charge is 0.460 e. The van der Waals surface area contributed by atoms with Crippen LogP contribution in [0.15, 0.2) is 0 Å². The molecular weight excluding hydrogens is 192 g/mol. The van der Waals surface area contributed by atoms with Gasteiger partial charge in [-0.15, -0.1) is 0 Å². The van der Waals surface area contributed by atoms with Crippen LogP contribution < -0.4 is 0 Å². The Kier molecular flexibility index (Phi) is 2.36. The highest BCUT2D eigenvalue weighted by Crippen LogP contribution is 2.46. The smallest absolute Gasteiger partial charge is 0.310 e. The number of ether oxygens (including phenoxy) is 1. The van der Waals surface area contributed by atoms with E-state index in [4.69, 9.17) is 4.74 Å². The summed E-state index contributed by atoms with van der Waals surface area (Å²) in [7, 11) is 0. The Morgan fingerprint density at radius 1 is 1.33 bits per heavy atom. The summed E-state index contributed by atoms with van der Waals surface area (Å²) in [6, 6.07) is 0. The van der Waals surface area contributed by atoms with Gasteiger partial charge in [0, 0.05) is 12.3 Å². The number of Topliss-reactive ketones (excluding diaryl/α,β-unsaturated/α-hetero) is 1. The third kappa shape index (κ3) is 2.06. The van der Waals surface area contributed by atoms with Crippen molar-refractivity contribution in [2.75, 3.05) is 0 Å². The lowest BCUT2D eigenvalue weighted by Gasteiger charge is -2.25. The number of ketones is 1. The second-order valence-corrected chi connectivity index (χ2v) is 5.75. The molecule has 0 spiro atoms. The molecule has 0 saturated heterocycles. The molecule has 0 amide bonds. The zero-order chi connectivity index (χ0) is 11.2.